The summed E-state index contributed by atoms with van der Waals surface area (Å²) in [5.74, 6) is 0. The fourth-order valence-electron chi connectivity index (χ4n) is 1.94. The summed E-state index contributed by atoms with van der Waals surface area (Å²) in [5, 5.41) is 9.62. The van der Waals surface area contributed by atoms with Crippen LogP contribution < -0.4 is 0 Å². The highest BCUT2D eigenvalue weighted by Crippen LogP contribution is 2.32. The maximum atomic E-state index is 12.5. The van der Waals surface area contributed by atoms with Crippen LogP contribution in [0, 0.1) is 0 Å². The number of halogens is 2. The lowest BCUT2D eigenvalue weighted by Gasteiger charge is -2.29. The molecule has 0 spiro atoms. The Hall–Kier alpha value is -0.140. The molecule has 1 aliphatic rings. The SMILES string of the molecule is O=S(=O)(c1c(Cl)cccc1Br)N1CCC(O)CC1. The Morgan fingerprint density at radius 3 is 2.50 bits per heavy atom. The molecule has 0 bridgehead atoms. The minimum absolute atomic E-state index is 0.100. The zero-order valence-corrected chi connectivity index (χ0v) is 12.7. The lowest BCUT2D eigenvalue weighted by Crippen LogP contribution is -2.40. The molecule has 1 fully saturated rings. The molecular formula is C11H13BrClNO3S. The normalized spacial score (nSPS) is 19.1. The van der Waals surface area contributed by atoms with E-state index in [2.05, 4.69) is 15.9 Å². The maximum Gasteiger partial charge on any atom is 0.245 e. The van der Waals surface area contributed by atoms with Crippen molar-refractivity contribution in [2.75, 3.05) is 13.1 Å². The lowest BCUT2D eigenvalue weighted by atomic mass is 10.1. The highest BCUT2D eigenvalue weighted by atomic mass is 79.9. The van der Waals surface area contributed by atoms with E-state index in [4.69, 9.17) is 11.6 Å². The molecule has 0 aromatic heterocycles. The topological polar surface area (TPSA) is 57.6 Å². The van der Waals surface area contributed by atoms with Gasteiger partial charge in [-0.1, -0.05) is 17.7 Å². The third-order valence-corrected chi connectivity index (χ3v) is 6.29. The molecule has 7 heteroatoms. The zero-order valence-electron chi connectivity index (χ0n) is 9.51. The number of benzene rings is 1. The van der Waals surface area contributed by atoms with Crippen molar-refractivity contribution in [2.24, 2.45) is 0 Å². The van der Waals surface area contributed by atoms with Crippen molar-refractivity contribution < 1.29 is 13.5 Å². The van der Waals surface area contributed by atoms with Gasteiger partial charge >= 0.3 is 0 Å². The molecule has 0 atom stereocenters. The monoisotopic (exact) mass is 353 g/mol. The molecular weight excluding hydrogens is 342 g/mol. The number of hydrogen-bond donors (Lipinski definition) is 1. The van der Waals surface area contributed by atoms with Gasteiger partial charge in [0, 0.05) is 17.6 Å². The summed E-state index contributed by atoms with van der Waals surface area (Å²) in [4.78, 5) is 0.100. The van der Waals surface area contributed by atoms with Crippen LogP contribution in [0.5, 0.6) is 0 Å². The van der Waals surface area contributed by atoms with Crippen molar-refractivity contribution in [3.8, 4) is 0 Å². The van der Waals surface area contributed by atoms with E-state index < -0.39 is 16.1 Å². The first kappa shape index (κ1) is 14.3. The Morgan fingerprint density at radius 2 is 1.94 bits per heavy atom. The van der Waals surface area contributed by atoms with Gasteiger partial charge < -0.3 is 5.11 Å². The van der Waals surface area contributed by atoms with Crippen molar-refractivity contribution in [3.63, 3.8) is 0 Å². The van der Waals surface area contributed by atoms with Gasteiger partial charge in [-0.3, -0.25) is 0 Å². The van der Waals surface area contributed by atoms with Crippen molar-refractivity contribution >= 4 is 37.6 Å². The summed E-state index contributed by atoms with van der Waals surface area (Å²) >= 11 is 9.20. The second-order valence-corrected chi connectivity index (χ2v) is 7.32. The van der Waals surface area contributed by atoms with Gasteiger partial charge in [0.25, 0.3) is 0 Å². The van der Waals surface area contributed by atoms with Gasteiger partial charge in [0.1, 0.15) is 4.90 Å². The smallest absolute Gasteiger partial charge is 0.245 e. The third-order valence-electron chi connectivity index (χ3n) is 2.94. The Labute approximate surface area is 120 Å². The Morgan fingerprint density at radius 1 is 1.33 bits per heavy atom. The van der Waals surface area contributed by atoms with Gasteiger partial charge in [-0.25, -0.2) is 8.42 Å². The first-order chi connectivity index (χ1) is 8.43. The second-order valence-electron chi connectivity index (χ2n) is 4.19. The lowest BCUT2D eigenvalue weighted by molar-refractivity contribution is 0.113. The highest BCUT2D eigenvalue weighted by Gasteiger charge is 2.31. The third kappa shape index (κ3) is 2.72. The highest BCUT2D eigenvalue weighted by molar-refractivity contribution is 9.10. The Bertz CT molecular complexity index is 521. The Balaban J connectivity index is 2.37. The summed E-state index contributed by atoms with van der Waals surface area (Å²) in [7, 11) is -3.60. The van der Waals surface area contributed by atoms with Gasteiger partial charge in [0.2, 0.25) is 10.0 Å². The van der Waals surface area contributed by atoms with E-state index in [0.717, 1.165) is 0 Å². The summed E-state index contributed by atoms with van der Waals surface area (Å²) in [6.45, 7) is 0.641. The molecule has 100 valence electrons. The predicted octanol–water partition coefficient (Wildman–Crippen LogP) is 2.25. The fourth-order valence-corrected chi connectivity index (χ4v) is 5.08. The molecule has 2 rings (SSSR count). The Kier molecular flexibility index (Phi) is 4.33. The predicted molar refractivity (Wildman–Crippen MR) is 73.2 cm³/mol. The maximum absolute atomic E-state index is 12.5. The first-order valence-corrected chi connectivity index (χ1v) is 8.16. The largest absolute Gasteiger partial charge is 0.393 e. The molecule has 0 saturated carbocycles. The molecule has 18 heavy (non-hydrogen) atoms. The number of sulfonamides is 1. The summed E-state index contributed by atoms with van der Waals surface area (Å²) in [5.41, 5.74) is 0. The summed E-state index contributed by atoms with van der Waals surface area (Å²) in [6.07, 6.45) is 0.508. The number of nitrogens with zero attached hydrogens (tertiary/aromatic N) is 1. The van der Waals surface area contributed by atoms with E-state index in [1.54, 1.807) is 18.2 Å². The standard InChI is InChI=1S/C11H13BrClNO3S/c12-9-2-1-3-10(13)11(9)18(16,17)14-6-4-8(15)5-7-14/h1-3,8,15H,4-7H2. The van der Waals surface area contributed by atoms with Crippen LogP contribution in [0.15, 0.2) is 27.6 Å². The molecule has 1 aromatic rings. The molecule has 1 aliphatic heterocycles. The molecule has 1 N–H and O–H groups in total. The molecule has 4 nitrogen and oxygen atoms in total. The summed E-state index contributed by atoms with van der Waals surface area (Å²) in [6, 6.07) is 4.89. The van der Waals surface area contributed by atoms with E-state index >= 15 is 0 Å². The molecule has 0 amide bonds. The fraction of sp³-hybridized carbons (Fsp3) is 0.455. The van der Waals surface area contributed by atoms with Gasteiger partial charge in [0.15, 0.2) is 0 Å². The first-order valence-electron chi connectivity index (χ1n) is 5.55. The minimum atomic E-state index is -3.60. The van der Waals surface area contributed by atoms with Crippen LogP contribution in [0.4, 0.5) is 0 Å². The van der Waals surface area contributed by atoms with Gasteiger partial charge in [-0.2, -0.15) is 4.31 Å². The van der Waals surface area contributed by atoms with Crippen LogP contribution in [0.1, 0.15) is 12.8 Å². The van der Waals surface area contributed by atoms with E-state index in [-0.39, 0.29) is 9.92 Å². The quantitative estimate of drug-likeness (QED) is 0.886. The number of aliphatic hydroxyl groups excluding tert-OH is 1. The number of piperidine rings is 1. The van der Waals surface area contributed by atoms with Crippen molar-refractivity contribution in [2.45, 2.75) is 23.8 Å². The second kappa shape index (κ2) is 5.46. The molecule has 1 saturated heterocycles. The molecule has 1 aromatic carbocycles. The van der Waals surface area contributed by atoms with Crippen LogP contribution in [-0.4, -0.2) is 37.0 Å². The van der Waals surface area contributed by atoms with Crippen LogP contribution in [-0.2, 0) is 10.0 Å². The number of hydrogen-bond acceptors (Lipinski definition) is 3. The van der Waals surface area contributed by atoms with Crippen molar-refractivity contribution in [1.29, 1.82) is 0 Å². The van der Waals surface area contributed by atoms with E-state index in [9.17, 15) is 13.5 Å². The average Bonchev–Trinajstić information content (AvgIpc) is 2.29. The van der Waals surface area contributed by atoms with E-state index in [1.807, 2.05) is 0 Å². The number of rotatable bonds is 2. The molecule has 0 radical (unpaired) electrons. The minimum Gasteiger partial charge on any atom is -0.393 e. The number of aliphatic hydroxyl groups is 1. The van der Waals surface area contributed by atoms with E-state index in [1.165, 1.54) is 4.31 Å². The van der Waals surface area contributed by atoms with Gasteiger partial charge in [-0.05, 0) is 40.9 Å². The molecule has 1 heterocycles. The van der Waals surface area contributed by atoms with Crippen LogP contribution in [0.25, 0.3) is 0 Å². The van der Waals surface area contributed by atoms with Crippen LogP contribution in [0.2, 0.25) is 5.02 Å². The van der Waals surface area contributed by atoms with Crippen molar-refractivity contribution in [1.82, 2.24) is 4.31 Å². The van der Waals surface area contributed by atoms with Gasteiger partial charge in [0.05, 0.1) is 11.1 Å². The van der Waals surface area contributed by atoms with Crippen LogP contribution >= 0.6 is 27.5 Å². The molecule has 0 unspecified atom stereocenters. The van der Waals surface area contributed by atoms with Gasteiger partial charge in [-0.15, -0.1) is 0 Å². The molecule has 0 aliphatic carbocycles. The zero-order chi connectivity index (χ0) is 13.3. The van der Waals surface area contributed by atoms with Crippen LogP contribution in [0.3, 0.4) is 0 Å². The summed E-state index contributed by atoms with van der Waals surface area (Å²) < 4.78 is 26.8. The van der Waals surface area contributed by atoms with Crippen molar-refractivity contribution in [3.05, 3.63) is 27.7 Å². The average molecular weight is 355 g/mol. The van der Waals surface area contributed by atoms with E-state index in [0.29, 0.717) is 30.4 Å².